The standard InChI is InChI=1S/C15H16N2O2/c1-9-6-10(2)13-12(7-9)14(18)17(15(13)19)11-4-3-5-16-8-11/h3-6,8,10,12-13H,7H2,1-2H3/t10-,12-,13-/m0/s1. The predicted octanol–water partition coefficient (Wildman–Crippen LogP) is 2.17. The number of pyridine rings is 1. The van der Waals surface area contributed by atoms with Crippen molar-refractivity contribution >= 4 is 17.5 Å². The molecule has 0 radical (unpaired) electrons. The number of rotatable bonds is 1. The molecule has 2 amide bonds. The van der Waals surface area contributed by atoms with E-state index in [1.54, 1.807) is 24.5 Å². The van der Waals surface area contributed by atoms with E-state index in [2.05, 4.69) is 11.1 Å². The summed E-state index contributed by atoms with van der Waals surface area (Å²) in [6.07, 6.45) is 6.00. The first kappa shape index (κ1) is 12.1. The van der Waals surface area contributed by atoms with Crippen LogP contribution in [0.15, 0.2) is 36.2 Å². The smallest absolute Gasteiger partial charge is 0.238 e. The van der Waals surface area contributed by atoms with Crippen molar-refractivity contribution in [2.45, 2.75) is 20.3 Å². The van der Waals surface area contributed by atoms with Crippen LogP contribution < -0.4 is 4.90 Å². The number of hydrogen-bond acceptors (Lipinski definition) is 3. The van der Waals surface area contributed by atoms with E-state index < -0.39 is 0 Å². The van der Waals surface area contributed by atoms with Crippen molar-refractivity contribution in [3.8, 4) is 0 Å². The van der Waals surface area contributed by atoms with Crippen LogP contribution in [0.4, 0.5) is 5.69 Å². The molecule has 1 aliphatic heterocycles. The fraction of sp³-hybridized carbons (Fsp3) is 0.400. The molecule has 0 saturated carbocycles. The number of amides is 2. The van der Waals surface area contributed by atoms with Gasteiger partial charge < -0.3 is 0 Å². The number of allylic oxidation sites excluding steroid dienone is 2. The van der Waals surface area contributed by atoms with Crippen molar-refractivity contribution in [1.82, 2.24) is 4.98 Å². The molecule has 1 aromatic rings. The van der Waals surface area contributed by atoms with Gasteiger partial charge in [-0.2, -0.15) is 0 Å². The third kappa shape index (κ3) is 1.79. The van der Waals surface area contributed by atoms with Gasteiger partial charge in [0.15, 0.2) is 0 Å². The molecular weight excluding hydrogens is 240 g/mol. The molecule has 19 heavy (non-hydrogen) atoms. The summed E-state index contributed by atoms with van der Waals surface area (Å²) in [6, 6.07) is 3.50. The Balaban J connectivity index is 2.00. The third-order valence-electron chi connectivity index (χ3n) is 4.04. The van der Waals surface area contributed by atoms with E-state index in [1.807, 2.05) is 13.8 Å². The number of aromatic nitrogens is 1. The Morgan fingerprint density at radius 2 is 2.11 bits per heavy atom. The second-order valence-corrected chi connectivity index (χ2v) is 5.43. The van der Waals surface area contributed by atoms with Gasteiger partial charge >= 0.3 is 0 Å². The minimum absolute atomic E-state index is 0.0812. The largest absolute Gasteiger partial charge is 0.274 e. The highest BCUT2D eigenvalue weighted by atomic mass is 16.2. The molecule has 1 fully saturated rings. The first-order valence-electron chi connectivity index (χ1n) is 6.54. The van der Waals surface area contributed by atoms with Crippen LogP contribution in [0.1, 0.15) is 20.3 Å². The molecular formula is C15H16N2O2. The lowest BCUT2D eigenvalue weighted by Gasteiger charge is -2.25. The highest BCUT2D eigenvalue weighted by molar-refractivity contribution is 6.22. The molecule has 0 N–H and O–H groups in total. The highest BCUT2D eigenvalue weighted by Crippen LogP contribution is 2.42. The van der Waals surface area contributed by atoms with Gasteiger partial charge in [0.25, 0.3) is 0 Å². The zero-order chi connectivity index (χ0) is 13.6. The first-order chi connectivity index (χ1) is 9.09. The van der Waals surface area contributed by atoms with Crippen LogP contribution in [0.2, 0.25) is 0 Å². The second kappa shape index (κ2) is 4.30. The molecule has 2 aliphatic rings. The fourth-order valence-corrected chi connectivity index (χ4v) is 3.26. The predicted molar refractivity (Wildman–Crippen MR) is 71.2 cm³/mol. The minimum atomic E-state index is -0.212. The lowest BCUT2D eigenvalue weighted by atomic mass is 9.76. The van der Waals surface area contributed by atoms with Crippen LogP contribution in [0, 0.1) is 17.8 Å². The molecule has 0 aromatic carbocycles. The summed E-state index contributed by atoms with van der Waals surface area (Å²) in [5, 5.41) is 0. The summed E-state index contributed by atoms with van der Waals surface area (Å²) in [6.45, 7) is 4.04. The van der Waals surface area contributed by atoms with Crippen LogP contribution in [0.5, 0.6) is 0 Å². The van der Waals surface area contributed by atoms with Crippen molar-refractivity contribution in [3.63, 3.8) is 0 Å². The maximum atomic E-state index is 12.5. The van der Waals surface area contributed by atoms with E-state index in [-0.39, 0.29) is 29.6 Å². The molecule has 3 rings (SSSR count). The summed E-state index contributed by atoms with van der Waals surface area (Å²) in [5.41, 5.74) is 1.78. The highest BCUT2D eigenvalue weighted by Gasteiger charge is 2.51. The molecule has 1 saturated heterocycles. The Labute approximate surface area is 112 Å². The van der Waals surface area contributed by atoms with Crippen LogP contribution in [-0.2, 0) is 9.59 Å². The molecule has 0 spiro atoms. The van der Waals surface area contributed by atoms with Gasteiger partial charge in [-0.25, -0.2) is 4.90 Å². The number of carbonyl (C=O) groups is 2. The summed E-state index contributed by atoms with van der Waals surface area (Å²) >= 11 is 0. The molecule has 2 heterocycles. The van der Waals surface area contributed by atoms with Gasteiger partial charge in [0.1, 0.15) is 0 Å². The van der Waals surface area contributed by atoms with Gasteiger partial charge in [-0.15, -0.1) is 0 Å². The lowest BCUT2D eigenvalue weighted by molar-refractivity contribution is -0.122. The van der Waals surface area contributed by atoms with Crippen LogP contribution in [-0.4, -0.2) is 16.8 Å². The average Bonchev–Trinajstić information content (AvgIpc) is 2.62. The maximum Gasteiger partial charge on any atom is 0.238 e. The molecule has 4 nitrogen and oxygen atoms in total. The van der Waals surface area contributed by atoms with Crippen molar-refractivity contribution in [2.75, 3.05) is 4.90 Å². The zero-order valence-corrected chi connectivity index (χ0v) is 11.0. The quantitative estimate of drug-likeness (QED) is 0.571. The van der Waals surface area contributed by atoms with Crippen molar-refractivity contribution < 1.29 is 9.59 Å². The number of nitrogens with zero attached hydrogens (tertiary/aromatic N) is 2. The molecule has 4 heteroatoms. The average molecular weight is 256 g/mol. The van der Waals surface area contributed by atoms with Crippen LogP contribution in [0.3, 0.4) is 0 Å². The van der Waals surface area contributed by atoms with E-state index in [9.17, 15) is 9.59 Å². The van der Waals surface area contributed by atoms with Crippen molar-refractivity contribution in [3.05, 3.63) is 36.2 Å². The Bertz CT molecular complexity index is 565. The van der Waals surface area contributed by atoms with E-state index in [1.165, 1.54) is 10.5 Å². The number of anilines is 1. The molecule has 0 bridgehead atoms. The second-order valence-electron chi connectivity index (χ2n) is 5.43. The fourth-order valence-electron chi connectivity index (χ4n) is 3.26. The molecule has 1 aliphatic carbocycles. The normalized spacial score (nSPS) is 30.3. The van der Waals surface area contributed by atoms with Gasteiger partial charge in [-0.3, -0.25) is 14.6 Å². The SMILES string of the molecule is CC1=C[C@H](C)[C@@H]2C(=O)N(c3cccnc3)C(=O)[C@H]2C1. The summed E-state index contributed by atoms with van der Waals surface area (Å²) in [7, 11) is 0. The number of fused-ring (bicyclic) bond motifs is 1. The molecule has 0 unspecified atom stereocenters. The monoisotopic (exact) mass is 256 g/mol. The molecule has 3 atom stereocenters. The summed E-state index contributed by atoms with van der Waals surface area (Å²) < 4.78 is 0. The number of carbonyl (C=O) groups excluding carboxylic acids is 2. The van der Waals surface area contributed by atoms with Gasteiger partial charge in [0.2, 0.25) is 11.8 Å². The van der Waals surface area contributed by atoms with Crippen LogP contribution >= 0.6 is 0 Å². The van der Waals surface area contributed by atoms with Crippen molar-refractivity contribution in [1.29, 1.82) is 0 Å². The summed E-state index contributed by atoms with van der Waals surface area (Å²) in [4.78, 5) is 30.3. The van der Waals surface area contributed by atoms with E-state index >= 15 is 0 Å². The Morgan fingerprint density at radius 1 is 1.32 bits per heavy atom. The maximum absolute atomic E-state index is 12.5. The lowest BCUT2D eigenvalue weighted by Crippen LogP contribution is -2.31. The Morgan fingerprint density at radius 3 is 2.79 bits per heavy atom. The molecule has 1 aromatic heterocycles. The zero-order valence-electron chi connectivity index (χ0n) is 11.0. The van der Waals surface area contributed by atoms with E-state index in [0.717, 1.165) is 0 Å². The molecule has 98 valence electrons. The van der Waals surface area contributed by atoms with Gasteiger partial charge in [-0.05, 0) is 31.4 Å². The number of hydrogen-bond donors (Lipinski definition) is 0. The minimum Gasteiger partial charge on any atom is -0.274 e. The Hall–Kier alpha value is -1.97. The number of imide groups is 1. The third-order valence-corrected chi connectivity index (χ3v) is 4.04. The van der Waals surface area contributed by atoms with Crippen LogP contribution in [0.25, 0.3) is 0 Å². The topological polar surface area (TPSA) is 50.3 Å². The summed E-state index contributed by atoms with van der Waals surface area (Å²) in [5.74, 6) is -0.456. The van der Waals surface area contributed by atoms with Gasteiger partial charge in [-0.1, -0.05) is 18.6 Å². The van der Waals surface area contributed by atoms with E-state index in [0.29, 0.717) is 12.1 Å². The van der Waals surface area contributed by atoms with Crippen molar-refractivity contribution in [2.24, 2.45) is 17.8 Å². The Kier molecular flexibility index (Phi) is 2.73. The first-order valence-corrected chi connectivity index (χ1v) is 6.54. The van der Waals surface area contributed by atoms with Gasteiger partial charge in [0.05, 0.1) is 23.7 Å². The van der Waals surface area contributed by atoms with Gasteiger partial charge in [0, 0.05) is 6.20 Å². The van der Waals surface area contributed by atoms with E-state index in [4.69, 9.17) is 0 Å².